The summed E-state index contributed by atoms with van der Waals surface area (Å²) in [5.74, 6) is -1.80. The van der Waals surface area contributed by atoms with Crippen LogP contribution in [0.15, 0.2) is 60.9 Å². The predicted molar refractivity (Wildman–Crippen MR) is 147 cm³/mol. The Morgan fingerprint density at radius 3 is 2.24 bits per heavy atom. The quantitative estimate of drug-likeness (QED) is 0.235. The van der Waals surface area contributed by atoms with Crippen molar-refractivity contribution >= 4 is 11.6 Å². The number of aromatic nitrogens is 3. The highest BCUT2D eigenvalue weighted by molar-refractivity contribution is 6.04. The Labute approximate surface area is 239 Å². The molecule has 0 radical (unpaired) electrons. The number of pyridine rings is 1. The zero-order valence-corrected chi connectivity index (χ0v) is 22.8. The van der Waals surface area contributed by atoms with Gasteiger partial charge in [-0.05, 0) is 60.4 Å². The first-order chi connectivity index (χ1) is 20.0. The second kappa shape index (κ2) is 11.9. The van der Waals surface area contributed by atoms with Gasteiger partial charge >= 0.3 is 6.18 Å². The molecule has 1 aliphatic heterocycles. The van der Waals surface area contributed by atoms with Gasteiger partial charge in [0.05, 0.1) is 11.3 Å². The molecule has 1 N–H and O–H groups in total. The number of alkyl halides is 3. The van der Waals surface area contributed by atoms with Crippen LogP contribution in [0.3, 0.4) is 0 Å². The average Bonchev–Trinajstić information content (AvgIpc) is 2.98. The summed E-state index contributed by atoms with van der Waals surface area (Å²) in [6.45, 7) is 4.53. The summed E-state index contributed by atoms with van der Waals surface area (Å²) < 4.78 is 76.8. The number of hydrogen-bond acceptors (Lipinski definition) is 5. The van der Waals surface area contributed by atoms with Crippen LogP contribution in [0.1, 0.15) is 66.1 Å². The minimum atomic E-state index is -4.82. The molecule has 218 valence electrons. The molecule has 0 atom stereocenters. The van der Waals surface area contributed by atoms with Crippen molar-refractivity contribution in [3.8, 4) is 22.3 Å². The van der Waals surface area contributed by atoms with Gasteiger partial charge < -0.3 is 10.1 Å². The Kier molecular flexibility index (Phi) is 8.31. The average molecular weight is 583 g/mol. The molecular weight excluding hydrogens is 555 g/mol. The molecule has 0 aliphatic carbocycles. The summed E-state index contributed by atoms with van der Waals surface area (Å²) in [6, 6.07) is 9.77. The van der Waals surface area contributed by atoms with Gasteiger partial charge in [-0.3, -0.25) is 4.79 Å². The monoisotopic (exact) mass is 582 g/mol. The maximum Gasteiger partial charge on any atom is 0.433 e. The number of carbonyl (C=O) groups excluding carboxylic acids is 1. The second-order valence-electron chi connectivity index (χ2n) is 10.3. The van der Waals surface area contributed by atoms with Crippen molar-refractivity contribution < 1.29 is 31.5 Å². The molecule has 0 bridgehead atoms. The highest BCUT2D eigenvalue weighted by Gasteiger charge is 2.36. The number of ether oxygens (including phenoxy) is 1. The van der Waals surface area contributed by atoms with Gasteiger partial charge in [0, 0.05) is 54.3 Å². The Morgan fingerprint density at radius 1 is 0.952 bits per heavy atom. The summed E-state index contributed by atoms with van der Waals surface area (Å²) in [7, 11) is 0. The number of carbonyl (C=O) groups is 1. The van der Waals surface area contributed by atoms with E-state index in [4.69, 9.17) is 4.74 Å². The first-order valence-electron chi connectivity index (χ1n) is 13.4. The molecule has 4 aromatic rings. The van der Waals surface area contributed by atoms with Crippen LogP contribution >= 0.6 is 0 Å². The fourth-order valence-electron chi connectivity index (χ4n) is 4.87. The van der Waals surface area contributed by atoms with E-state index in [2.05, 4.69) is 20.3 Å². The maximum absolute atomic E-state index is 15.0. The van der Waals surface area contributed by atoms with Crippen LogP contribution in [0.5, 0.6) is 0 Å². The van der Waals surface area contributed by atoms with Crippen LogP contribution in [-0.2, 0) is 10.9 Å². The molecule has 42 heavy (non-hydrogen) atoms. The fourth-order valence-corrected chi connectivity index (χ4v) is 4.87. The lowest BCUT2D eigenvalue weighted by molar-refractivity contribution is -0.141. The summed E-state index contributed by atoms with van der Waals surface area (Å²) in [6.07, 6.45) is -1.13. The third-order valence-corrected chi connectivity index (χ3v) is 7.05. The van der Waals surface area contributed by atoms with Crippen molar-refractivity contribution in [2.45, 2.75) is 44.7 Å². The lowest BCUT2D eigenvalue weighted by atomic mass is 9.85. The Balaban J connectivity index is 1.59. The van der Waals surface area contributed by atoms with Crippen molar-refractivity contribution in [3.05, 3.63) is 95.3 Å². The van der Waals surface area contributed by atoms with Crippen molar-refractivity contribution in [1.82, 2.24) is 15.0 Å². The molecule has 2 aromatic heterocycles. The van der Waals surface area contributed by atoms with E-state index in [9.17, 15) is 22.4 Å². The van der Waals surface area contributed by atoms with Crippen molar-refractivity contribution in [3.63, 3.8) is 0 Å². The Bertz CT molecular complexity index is 1580. The van der Waals surface area contributed by atoms with Gasteiger partial charge in [0.15, 0.2) is 0 Å². The predicted octanol–water partition coefficient (Wildman–Crippen LogP) is 7.77. The number of anilines is 1. The van der Waals surface area contributed by atoms with Crippen molar-refractivity contribution in [2.24, 2.45) is 0 Å². The van der Waals surface area contributed by atoms with Crippen LogP contribution in [0.4, 0.5) is 27.6 Å². The van der Waals surface area contributed by atoms with Crippen LogP contribution in [0, 0.1) is 11.6 Å². The fraction of sp³-hybridized carbons (Fsp3) is 0.290. The maximum atomic E-state index is 15.0. The zero-order chi connectivity index (χ0) is 30.0. The van der Waals surface area contributed by atoms with E-state index in [0.29, 0.717) is 43.1 Å². The smallest absolute Gasteiger partial charge is 0.381 e. The van der Waals surface area contributed by atoms with Gasteiger partial charge in [-0.2, -0.15) is 13.2 Å². The number of nitrogens with zero attached hydrogens (tertiary/aromatic N) is 3. The Hall–Kier alpha value is -4.25. The van der Waals surface area contributed by atoms with Crippen molar-refractivity contribution in [1.29, 1.82) is 0 Å². The van der Waals surface area contributed by atoms with E-state index in [0.717, 1.165) is 24.3 Å². The molecule has 1 aliphatic rings. The molecule has 0 saturated carbocycles. The molecule has 0 unspecified atom stereocenters. The topological polar surface area (TPSA) is 77.0 Å². The van der Waals surface area contributed by atoms with Crippen LogP contribution in [0.2, 0.25) is 0 Å². The SMILES string of the molecule is CC(C)c1ncc(C(=O)Nc2ccc(-c3c(-c4cc(F)ccc4F)cc(C(F)(F)F)nc3C3CCOCC3)cc2)cn1. The van der Waals surface area contributed by atoms with E-state index in [1.54, 1.807) is 24.3 Å². The molecule has 1 fully saturated rings. The van der Waals surface area contributed by atoms with Gasteiger partial charge in [0.1, 0.15) is 23.2 Å². The highest BCUT2D eigenvalue weighted by atomic mass is 19.4. The molecule has 1 amide bonds. The van der Waals surface area contributed by atoms with Gasteiger partial charge in [-0.1, -0.05) is 26.0 Å². The molecule has 2 aromatic carbocycles. The first-order valence-corrected chi connectivity index (χ1v) is 13.4. The number of benzene rings is 2. The van der Waals surface area contributed by atoms with Gasteiger partial charge in [0.2, 0.25) is 0 Å². The normalized spacial score (nSPS) is 14.3. The molecule has 11 heteroatoms. The van der Waals surface area contributed by atoms with Crippen LogP contribution in [-0.4, -0.2) is 34.1 Å². The van der Waals surface area contributed by atoms with Gasteiger partial charge in [0.25, 0.3) is 5.91 Å². The number of rotatable bonds is 6. The highest BCUT2D eigenvalue weighted by Crippen LogP contribution is 2.44. The summed E-state index contributed by atoms with van der Waals surface area (Å²) in [4.78, 5) is 25.2. The lowest BCUT2D eigenvalue weighted by Crippen LogP contribution is -2.19. The van der Waals surface area contributed by atoms with E-state index >= 15 is 4.39 Å². The molecular formula is C31H27F5N4O2. The number of halogens is 5. The zero-order valence-electron chi connectivity index (χ0n) is 22.8. The van der Waals surface area contributed by atoms with Crippen LogP contribution < -0.4 is 5.32 Å². The minimum absolute atomic E-state index is 0.103. The lowest BCUT2D eigenvalue weighted by Gasteiger charge is -2.26. The number of amides is 1. The van der Waals surface area contributed by atoms with E-state index in [1.807, 2.05) is 13.8 Å². The van der Waals surface area contributed by atoms with E-state index in [-0.39, 0.29) is 33.9 Å². The van der Waals surface area contributed by atoms with E-state index in [1.165, 1.54) is 12.4 Å². The second-order valence-corrected chi connectivity index (χ2v) is 10.3. The largest absolute Gasteiger partial charge is 0.433 e. The Morgan fingerprint density at radius 2 is 1.62 bits per heavy atom. The minimum Gasteiger partial charge on any atom is -0.381 e. The molecule has 3 heterocycles. The standard InChI is InChI=1S/C31H27F5N4O2/c1-17(2)29-37-15-20(16-38-29)30(41)39-22-6-3-18(4-7-22)27-24(23-13-21(32)5-8-25(23)33)14-26(31(34,35)36)40-28(27)19-9-11-42-12-10-19/h3-8,13-17,19H,9-12H2,1-2H3,(H,39,41). The molecule has 0 spiro atoms. The summed E-state index contributed by atoms with van der Waals surface area (Å²) in [5.41, 5.74) is -0.159. The number of hydrogen-bond donors (Lipinski definition) is 1. The summed E-state index contributed by atoms with van der Waals surface area (Å²) >= 11 is 0. The summed E-state index contributed by atoms with van der Waals surface area (Å²) in [5, 5.41) is 2.75. The van der Waals surface area contributed by atoms with Gasteiger partial charge in [-0.25, -0.2) is 23.7 Å². The van der Waals surface area contributed by atoms with Crippen LogP contribution in [0.25, 0.3) is 22.3 Å². The number of nitrogens with one attached hydrogen (secondary N) is 1. The molecule has 1 saturated heterocycles. The van der Waals surface area contributed by atoms with Gasteiger partial charge in [-0.15, -0.1) is 0 Å². The third-order valence-electron chi connectivity index (χ3n) is 7.05. The third kappa shape index (κ3) is 6.30. The molecule has 6 nitrogen and oxygen atoms in total. The molecule has 5 rings (SSSR count). The first kappa shape index (κ1) is 29.2. The van der Waals surface area contributed by atoms with Crippen molar-refractivity contribution in [2.75, 3.05) is 18.5 Å². The van der Waals surface area contributed by atoms with E-state index < -0.39 is 35.3 Å².